The summed E-state index contributed by atoms with van der Waals surface area (Å²) in [6.07, 6.45) is 5.26. The number of hydrogen-bond donors (Lipinski definition) is 1. The third-order valence-corrected chi connectivity index (χ3v) is 4.60. The van der Waals surface area contributed by atoms with Gasteiger partial charge in [-0.1, -0.05) is 36.4 Å². The van der Waals surface area contributed by atoms with Gasteiger partial charge in [-0.15, -0.1) is 0 Å². The van der Waals surface area contributed by atoms with Gasteiger partial charge in [-0.2, -0.15) is 3.89 Å². The highest BCUT2D eigenvalue weighted by atomic mass is 32.2. The molecule has 0 amide bonds. The number of rotatable bonds is 4. The lowest BCUT2D eigenvalue weighted by molar-refractivity contribution is 0.808. The van der Waals surface area contributed by atoms with Crippen LogP contribution in [-0.2, 0) is 12.8 Å². The SMILES string of the molecule is CNCC/C=C1/c2ccccc2CCc2cc(SF)ccc21. The van der Waals surface area contributed by atoms with Crippen LogP contribution in [0.2, 0.25) is 0 Å². The van der Waals surface area contributed by atoms with Gasteiger partial charge in [0.15, 0.2) is 0 Å². The minimum atomic E-state index is 0.326. The zero-order chi connectivity index (χ0) is 15.4. The molecule has 2 aromatic carbocycles. The van der Waals surface area contributed by atoms with Crippen LogP contribution in [0.25, 0.3) is 5.57 Å². The highest BCUT2D eigenvalue weighted by Crippen LogP contribution is 2.35. The average molecular weight is 313 g/mol. The number of nitrogens with one attached hydrogen (secondary N) is 1. The number of benzene rings is 2. The normalized spacial score (nSPS) is 15.3. The van der Waals surface area contributed by atoms with Crippen molar-refractivity contribution in [3.63, 3.8) is 0 Å². The van der Waals surface area contributed by atoms with Crippen molar-refractivity contribution >= 4 is 17.7 Å². The van der Waals surface area contributed by atoms with Gasteiger partial charge in [0.2, 0.25) is 0 Å². The van der Waals surface area contributed by atoms with Gasteiger partial charge in [0.1, 0.15) is 0 Å². The molecule has 0 saturated carbocycles. The second-order valence-electron chi connectivity index (χ2n) is 5.56. The van der Waals surface area contributed by atoms with Crippen LogP contribution in [0.3, 0.4) is 0 Å². The minimum absolute atomic E-state index is 0.326. The summed E-state index contributed by atoms with van der Waals surface area (Å²) in [5, 5.41) is 3.19. The van der Waals surface area contributed by atoms with Crippen molar-refractivity contribution in [2.24, 2.45) is 0 Å². The molecule has 0 saturated heterocycles. The van der Waals surface area contributed by atoms with Gasteiger partial charge in [-0.05, 0) is 72.8 Å². The summed E-state index contributed by atoms with van der Waals surface area (Å²) >= 11 is 0.326. The minimum Gasteiger partial charge on any atom is -0.319 e. The first-order valence-electron chi connectivity index (χ1n) is 7.68. The molecule has 1 nitrogen and oxygen atoms in total. The van der Waals surface area contributed by atoms with E-state index < -0.39 is 0 Å². The summed E-state index contributed by atoms with van der Waals surface area (Å²) in [5.74, 6) is 0. The Morgan fingerprint density at radius 3 is 2.68 bits per heavy atom. The Hall–Kier alpha value is -1.58. The maximum atomic E-state index is 12.9. The van der Waals surface area contributed by atoms with Crippen molar-refractivity contribution in [2.45, 2.75) is 24.2 Å². The van der Waals surface area contributed by atoms with Crippen molar-refractivity contribution < 1.29 is 3.89 Å². The first kappa shape index (κ1) is 15.3. The molecule has 0 bridgehead atoms. The highest BCUT2D eigenvalue weighted by molar-refractivity contribution is 7.94. The molecule has 3 rings (SSSR count). The molecule has 0 fully saturated rings. The third kappa shape index (κ3) is 3.11. The molecule has 0 heterocycles. The lowest BCUT2D eigenvalue weighted by Crippen LogP contribution is -2.06. The van der Waals surface area contributed by atoms with Crippen LogP contribution in [0.1, 0.15) is 28.7 Å². The van der Waals surface area contributed by atoms with Crippen molar-refractivity contribution in [3.8, 4) is 0 Å². The Kier molecular flexibility index (Phi) is 4.96. The van der Waals surface area contributed by atoms with E-state index in [-0.39, 0.29) is 0 Å². The zero-order valence-corrected chi connectivity index (χ0v) is 13.5. The molecule has 2 aromatic rings. The van der Waals surface area contributed by atoms with E-state index >= 15 is 0 Å². The summed E-state index contributed by atoms with van der Waals surface area (Å²) in [6.45, 7) is 0.958. The largest absolute Gasteiger partial charge is 0.319 e. The van der Waals surface area contributed by atoms with E-state index in [0.29, 0.717) is 17.0 Å². The van der Waals surface area contributed by atoms with Gasteiger partial charge in [0.05, 0.1) is 12.1 Å². The van der Waals surface area contributed by atoms with Gasteiger partial charge >= 0.3 is 0 Å². The van der Waals surface area contributed by atoms with Crippen LogP contribution in [-0.4, -0.2) is 13.6 Å². The maximum absolute atomic E-state index is 12.9. The standard InChI is InChI=1S/C19H20FNS/c1-21-12-4-7-19-17-6-3-2-5-14(17)8-9-15-13-16(22-20)10-11-18(15)19/h2-3,5-7,10-11,13,21H,4,8-9,12H2,1H3/b19-7-. The summed E-state index contributed by atoms with van der Waals surface area (Å²) in [4.78, 5) is 0.694. The molecule has 1 aliphatic rings. The number of hydrogen-bond acceptors (Lipinski definition) is 2. The first-order valence-corrected chi connectivity index (χ1v) is 8.40. The maximum Gasteiger partial charge on any atom is 0.0812 e. The van der Waals surface area contributed by atoms with Crippen molar-refractivity contribution in [1.29, 1.82) is 0 Å². The molecule has 114 valence electrons. The van der Waals surface area contributed by atoms with Gasteiger partial charge in [-0.3, -0.25) is 0 Å². The average Bonchev–Trinajstić information content (AvgIpc) is 2.72. The zero-order valence-electron chi connectivity index (χ0n) is 12.7. The van der Waals surface area contributed by atoms with Gasteiger partial charge in [0.25, 0.3) is 0 Å². The fraction of sp³-hybridized carbons (Fsp3) is 0.263. The lowest BCUT2D eigenvalue weighted by Gasteiger charge is -2.12. The first-order chi connectivity index (χ1) is 10.8. The molecule has 0 aromatic heterocycles. The lowest BCUT2D eigenvalue weighted by atomic mass is 9.93. The van der Waals surface area contributed by atoms with Crippen LogP contribution in [0.5, 0.6) is 0 Å². The Bertz CT molecular complexity index is 694. The Morgan fingerprint density at radius 2 is 1.86 bits per heavy atom. The second kappa shape index (κ2) is 7.12. The Morgan fingerprint density at radius 1 is 1.09 bits per heavy atom. The van der Waals surface area contributed by atoms with E-state index in [2.05, 4.69) is 41.7 Å². The van der Waals surface area contributed by atoms with Gasteiger partial charge < -0.3 is 5.32 Å². The molecule has 22 heavy (non-hydrogen) atoms. The quantitative estimate of drug-likeness (QED) is 0.814. The molecule has 0 unspecified atom stereocenters. The fourth-order valence-corrected chi connectivity index (χ4v) is 3.39. The molecule has 0 aliphatic heterocycles. The van der Waals surface area contributed by atoms with Gasteiger partial charge in [0, 0.05) is 4.90 Å². The van der Waals surface area contributed by atoms with Crippen LogP contribution in [0.4, 0.5) is 3.89 Å². The molecule has 3 heteroatoms. The van der Waals surface area contributed by atoms with Crippen LogP contribution < -0.4 is 5.32 Å². The molecular formula is C19H20FNS. The monoisotopic (exact) mass is 313 g/mol. The van der Waals surface area contributed by atoms with Crippen molar-refractivity contribution in [3.05, 3.63) is 70.8 Å². The van der Waals surface area contributed by atoms with E-state index in [0.717, 1.165) is 25.8 Å². The van der Waals surface area contributed by atoms with Crippen LogP contribution in [0.15, 0.2) is 53.4 Å². The van der Waals surface area contributed by atoms with Crippen LogP contribution in [0, 0.1) is 0 Å². The predicted molar refractivity (Wildman–Crippen MR) is 92.9 cm³/mol. The summed E-state index contributed by atoms with van der Waals surface area (Å²) in [6, 6.07) is 14.6. The molecule has 0 spiro atoms. The van der Waals surface area contributed by atoms with E-state index in [4.69, 9.17) is 0 Å². The van der Waals surface area contributed by atoms with E-state index in [1.54, 1.807) is 0 Å². The van der Waals surface area contributed by atoms with Crippen molar-refractivity contribution in [2.75, 3.05) is 13.6 Å². The predicted octanol–water partition coefficient (Wildman–Crippen LogP) is 4.80. The number of aryl methyl sites for hydroxylation is 2. The molecule has 0 atom stereocenters. The van der Waals surface area contributed by atoms with Crippen molar-refractivity contribution in [1.82, 2.24) is 5.32 Å². The topological polar surface area (TPSA) is 12.0 Å². The molecule has 0 radical (unpaired) electrons. The summed E-state index contributed by atoms with van der Waals surface area (Å²) < 4.78 is 12.9. The second-order valence-corrected chi connectivity index (χ2v) is 6.19. The molecule has 1 aliphatic carbocycles. The Labute approximate surface area is 135 Å². The van der Waals surface area contributed by atoms with Gasteiger partial charge in [-0.25, -0.2) is 0 Å². The van der Waals surface area contributed by atoms with E-state index in [1.807, 2.05) is 19.2 Å². The van der Waals surface area contributed by atoms with E-state index in [9.17, 15) is 3.89 Å². The van der Waals surface area contributed by atoms with E-state index in [1.165, 1.54) is 27.8 Å². The van der Waals surface area contributed by atoms with Crippen LogP contribution >= 0.6 is 12.1 Å². The summed E-state index contributed by atoms with van der Waals surface area (Å²) in [5.41, 5.74) is 6.48. The molecular weight excluding hydrogens is 293 g/mol. The smallest absolute Gasteiger partial charge is 0.0812 e. The highest BCUT2D eigenvalue weighted by Gasteiger charge is 2.18. The third-order valence-electron chi connectivity index (χ3n) is 4.17. The number of fused-ring (bicyclic) bond motifs is 2. The number of halogens is 1. The Balaban J connectivity index is 2.11. The molecule has 1 N–H and O–H groups in total. The summed E-state index contributed by atoms with van der Waals surface area (Å²) in [7, 11) is 1.97. The fourth-order valence-electron chi connectivity index (χ4n) is 3.08.